The lowest BCUT2D eigenvalue weighted by Crippen LogP contribution is -2.36. The van der Waals surface area contributed by atoms with Crippen LogP contribution < -0.4 is 16.0 Å². The summed E-state index contributed by atoms with van der Waals surface area (Å²) in [6.07, 6.45) is -2.46. The number of anilines is 3. The Morgan fingerprint density at radius 3 is 2.28 bits per heavy atom. The number of halogens is 3. The Balaban J connectivity index is 2.18. The van der Waals surface area contributed by atoms with E-state index in [4.69, 9.17) is 0 Å². The van der Waals surface area contributed by atoms with Crippen molar-refractivity contribution in [2.75, 3.05) is 29.1 Å². The number of alkyl halides is 3. The zero-order valence-electron chi connectivity index (χ0n) is 16.8. The summed E-state index contributed by atoms with van der Waals surface area (Å²) >= 11 is 0. The Morgan fingerprint density at radius 1 is 1.00 bits per heavy atom. The predicted octanol–water partition coefficient (Wildman–Crippen LogP) is 3.90. The Kier molecular flexibility index (Phi) is 7.60. The summed E-state index contributed by atoms with van der Waals surface area (Å²) in [5.41, 5.74) is -0.910. The molecule has 10 heteroatoms. The molecule has 2 rings (SSSR count). The van der Waals surface area contributed by atoms with Gasteiger partial charge in [0.2, 0.25) is 17.8 Å². The summed E-state index contributed by atoms with van der Waals surface area (Å²) in [5, 5.41) is 18.5. The van der Waals surface area contributed by atoms with Gasteiger partial charge in [-0.25, -0.2) is 0 Å². The molecule has 0 aliphatic heterocycles. The molecule has 0 radical (unpaired) electrons. The van der Waals surface area contributed by atoms with Gasteiger partial charge in [0.25, 0.3) is 0 Å². The minimum Gasteiger partial charge on any atom is -0.394 e. The quantitative estimate of drug-likeness (QED) is 0.440. The highest BCUT2D eigenvalue weighted by Gasteiger charge is 2.30. The van der Waals surface area contributed by atoms with Crippen LogP contribution in [0.25, 0.3) is 0 Å². The zero-order chi connectivity index (χ0) is 21.5. The van der Waals surface area contributed by atoms with Gasteiger partial charge in [0.05, 0.1) is 17.7 Å². The van der Waals surface area contributed by atoms with Crippen LogP contribution in [0.2, 0.25) is 0 Å². The minimum atomic E-state index is -4.40. The Bertz CT molecular complexity index is 798. The maximum atomic E-state index is 12.9. The fraction of sp³-hybridized carbons (Fsp3) is 0.526. The molecule has 29 heavy (non-hydrogen) atoms. The molecule has 1 aromatic carbocycles. The second-order valence-electron chi connectivity index (χ2n) is 7.31. The third-order valence-electron chi connectivity index (χ3n) is 4.00. The van der Waals surface area contributed by atoms with Gasteiger partial charge in [-0.2, -0.15) is 28.1 Å². The summed E-state index contributed by atoms with van der Waals surface area (Å²) in [6.45, 7) is 6.30. The van der Waals surface area contributed by atoms with E-state index < -0.39 is 17.3 Å². The molecular formula is C19H27F3N6O. The van der Waals surface area contributed by atoms with Crippen molar-refractivity contribution in [3.63, 3.8) is 0 Å². The lowest BCUT2D eigenvalue weighted by Gasteiger charge is -2.23. The molecular weight excluding hydrogens is 385 g/mol. The highest BCUT2D eigenvalue weighted by atomic mass is 19.4. The smallest absolute Gasteiger partial charge is 0.394 e. The Morgan fingerprint density at radius 2 is 1.66 bits per heavy atom. The summed E-state index contributed by atoms with van der Waals surface area (Å²) in [5.74, 6) is 0.813. The maximum Gasteiger partial charge on any atom is 0.416 e. The summed E-state index contributed by atoms with van der Waals surface area (Å²) in [6, 6.07) is 5.07. The van der Waals surface area contributed by atoms with Crippen LogP contribution >= 0.6 is 0 Å². The number of aromatic nitrogens is 3. The second-order valence-corrected chi connectivity index (χ2v) is 7.31. The lowest BCUT2D eigenvalue weighted by molar-refractivity contribution is -0.137. The molecule has 0 aliphatic carbocycles. The normalized spacial score (nSPS) is 12.0. The van der Waals surface area contributed by atoms with E-state index in [1.54, 1.807) is 19.9 Å². The van der Waals surface area contributed by atoms with Gasteiger partial charge in [-0.1, -0.05) is 25.5 Å². The van der Waals surface area contributed by atoms with E-state index in [-0.39, 0.29) is 25.0 Å². The number of benzene rings is 1. The third kappa shape index (κ3) is 7.37. The third-order valence-corrected chi connectivity index (χ3v) is 4.00. The summed E-state index contributed by atoms with van der Waals surface area (Å²) < 4.78 is 38.7. The molecule has 0 aliphatic rings. The zero-order valence-corrected chi connectivity index (χ0v) is 16.8. The fourth-order valence-electron chi connectivity index (χ4n) is 2.35. The van der Waals surface area contributed by atoms with Crippen molar-refractivity contribution in [3.8, 4) is 0 Å². The molecule has 0 saturated heterocycles. The highest BCUT2D eigenvalue weighted by molar-refractivity contribution is 5.44. The molecule has 160 valence electrons. The number of unbranched alkanes of at least 4 members (excludes halogenated alkanes) is 1. The molecule has 0 amide bonds. The highest BCUT2D eigenvalue weighted by Crippen LogP contribution is 2.29. The van der Waals surface area contributed by atoms with E-state index in [2.05, 4.69) is 37.8 Å². The van der Waals surface area contributed by atoms with Crippen LogP contribution in [0.3, 0.4) is 0 Å². The number of rotatable bonds is 10. The standard InChI is InChI=1S/C19H27F3N6O/c1-4-5-9-23-15-25-16(27-17(26-15)28-18(2,3)12-29)24-11-13-7-6-8-14(10-13)19(20,21)22/h6-8,10,29H,4-5,9,11-12H2,1-3H3,(H3,23,24,25,26,27,28). The average molecular weight is 412 g/mol. The van der Waals surface area contributed by atoms with Crippen LogP contribution in [-0.2, 0) is 12.7 Å². The summed E-state index contributed by atoms with van der Waals surface area (Å²) in [7, 11) is 0. The number of nitrogens with one attached hydrogen (secondary N) is 3. The first kappa shape index (κ1) is 22.7. The maximum absolute atomic E-state index is 12.9. The first-order chi connectivity index (χ1) is 13.6. The van der Waals surface area contributed by atoms with Crippen LogP contribution in [-0.4, -0.2) is 38.7 Å². The van der Waals surface area contributed by atoms with Gasteiger partial charge in [-0.3, -0.25) is 0 Å². The van der Waals surface area contributed by atoms with Crippen molar-refractivity contribution in [2.24, 2.45) is 0 Å². The molecule has 4 N–H and O–H groups in total. The minimum absolute atomic E-state index is 0.116. The molecule has 2 aromatic rings. The van der Waals surface area contributed by atoms with E-state index in [9.17, 15) is 18.3 Å². The molecule has 1 aromatic heterocycles. The molecule has 0 saturated carbocycles. The van der Waals surface area contributed by atoms with Gasteiger partial charge in [0.1, 0.15) is 0 Å². The van der Waals surface area contributed by atoms with Gasteiger partial charge in [0, 0.05) is 13.1 Å². The first-order valence-electron chi connectivity index (χ1n) is 9.42. The number of aliphatic hydroxyl groups is 1. The fourth-order valence-corrected chi connectivity index (χ4v) is 2.35. The van der Waals surface area contributed by atoms with Gasteiger partial charge < -0.3 is 21.1 Å². The van der Waals surface area contributed by atoms with E-state index in [0.717, 1.165) is 25.0 Å². The molecule has 7 nitrogen and oxygen atoms in total. The number of nitrogens with zero attached hydrogens (tertiary/aromatic N) is 3. The van der Waals surface area contributed by atoms with E-state index >= 15 is 0 Å². The van der Waals surface area contributed by atoms with Crippen molar-refractivity contribution in [2.45, 2.75) is 51.9 Å². The van der Waals surface area contributed by atoms with Gasteiger partial charge in [0.15, 0.2) is 0 Å². The number of hydrogen-bond donors (Lipinski definition) is 4. The van der Waals surface area contributed by atoms with Crippen molar-refractivity contribution in [1.29, 1.82) is 0 Å². The molecule has 0 unspecified atom stereocenters. The Hall–Kier alpha value is -2.62. The van der Waals surface area contributed by atoms with Crippen molar-refractivity contribution < 1.29 is 18.3 Å². The molecule has 1 heterocycles. The molecule has 0 bridgehead atoms. The van der Waals surface area contributed by atoms with Crippen molar-refractivity contribution in [3.05, 3.63) is 35.4 Å². The topological polar surface area (TPSA) is 95.0 Å². The van der Waals surface area contributed by atoms with Gasteiger partial charge >= 0.3 is 6.18 Å². The first-order valence-corrected chi connectivity index (χ1v) is 9.42. The van der Waals surface area contributed by atoms with Crippen LogP contribution in [0.5, 0.6) is 0 Å². The van der Waals surface area contributed by atoms with Crippen LogP contribution in [0, 0.1) is 0 Å². The predicted molar refractivity (Wildman–Crippen MR) is 107 cm³/mol. The van der Waals surface area contributed by atoms with Crippen LogP contribution in [0.1, 0.15) is 44.7 Å². The second kappa shape index (κ2) is 9.73. The summed E-state index contributed by atoms with van der Waals surface area (Å²) in [4.78, 5) is 12.8. The van der Waals surface area contributed by atoms with E-state index in [1.165, 1.54) is 6.07 Å². The molecule has 0 fully saturated rings. The SMILES string of the molecule is CCCCNc1nc(NCc2cccc(C(F)(F)F)c2)nc(NC(C)(C)CO)n1. The average Bonchev–Trinajstić information content (AvgIpc) is 2.66. The largest absolute Gasteiger partial charge is 0.416 e. The van der Waals surface area contributed by atoms with Crippen molar-refractivity contribution >= 4 is 17.8 Å². The van der Waals surface area contributed by atoms with Crippen LogP contribution in [0.4, 0.5) is 31.0 Å². The molecule has 0 spiro atoms. The Labute approximate surface area is 168 Å². The monoisotopic (exact) mass is 412 g/mol. The molecule has 0 atom stereocenters. The number of hydrogen-bond acceptors (Lipinski definition) is 7. The van der Waals surface area contributed by atoms with Gasteiger partial charge in [-0.05, 0) is 38.0 Å². The van der Waals surface area contributed by atoms with Crippen molar-refractivity contribution in [1.82, 2.24) is 15.0 Å². The lowest BCUT2D eigenvalue weighted by atomic mass is 10.1. The number of aliphatic hydroxyl groups excluding tert-OH is 1. The van der Waals surface area contributed by atoms with Crippen LogP contribution in [0.15, 0.2) is 24.3 Å². The van der Waals surface area contributed by atoms with Gasteiger partial charge in [-0.15, -0.1) is 0 Å². The van der Waals surface area contributed by atoms with E-state index in [0.29, 0.717) is 18.1 Å². The van der Waals surface area contributed by atoms with E-state index in [1.807, 2.05) is 0 Å².